The summed E-state index contributed by atoms with van der Waals surface area (Å²) in [6, 6.07) is 7.83. The lowest BCUT2D eigenvalue weighted by atomic mass is 10.0. The van der Waals surface area contributed by atoms with E-state index in [4.69, 9.17) is 0 Å². The van der Waals surface area contributed by atoms with Crippen molar-refractivity contribution in [1.82, 2.24) is 5.32 Å². The molecule has 0 spiro atoms. The fourth-order valence-corrected chi connectivity index (χ4v) is 2.65. The molecule has 1 aromatic carbocycles. The fourth-order valence-electron chi connectivity index (χ4n) is 2.65. The van der Waals surface area contributed by atoms with Gasteiger partial charge in [0.25, 0.3) is 0 Å². The van der Waals surface area contributed by atoms with E-state index < -0.39 is 0 Å². The number of hydrogen-bond donors (Lipinski definition) is 2. The number of benzene rings is 1. The zero-order valence-electron chi connectivity index (χ0n) is 11.3. The van der Waals surface area contributed by atoms with Crippen molar-refractivity contribution in [3.05, 3.63) is 35.4 Å². The molecule has 1 aliphatic rings. The standard InChI is InChI=1S/C15H21NO3/c1-19-15(18)12-7-5-11(6-8-12)9-16-14-4-2-3-13(14)10-17/h5-8,13-14,16-17H,2-4,9-10H2,1H3/t13-,14+/m0/s1. The predicted molar refractivity (Wildman–Crippen MR) is 72.8 cm³/mol. The second-order valence-electron chi connectivity index (χ2n) is 5.05. The van der Waals surface area contributed by atoms with Crippen molar-refractivity contribution < 1.29 is 14.6 Å². The Labute approximate surface area is 113 Å². The molecule has 0 heterocycles. The molecule has 0 radical (unpaired) electrons. The van der Waals surface area contributed by atoms with Gasteiger partial charge < -0.3 is 15.2 Å². The number of esters is 1. The third kappa shape index (κ3) is 3.55. The van der Waals surface area contributed by atoms with Crippen molar-refractivity contribution in [3.8, 4) is 0 Å². The van der Waals surface area contributed by atoms with Gasteiger partial charge in [-0.05, 0) is 36.5 Å². The van der Waals surface area contributed by atoms with Crippen molar-refractivity contribution in [2.24, 2.45) is 5.92 Å². The molecular formula is C15H21NO3. The first-order chi connectivity index (χ1) is 9.24. The summed E-state index contributed by atoms with van der Waals surface area (Å²) in [6.07, 6.45) is 3.42. The number of rotatable bonds is 5. The van der Waals surface area contributed by atoms with Gasteiger partial charge in [-0.1, -0.05) is 18.6 Å². The molecule has 2 rings (SSSR count). The predicted octanol–water partition coefficient (Wildman–Crippen LogP) is 1.72. The van der Waals surface area contributed by atoms with Crippen LogP contribution in [0, 0.1) is 5.92 Å². The molecule has 1 fully saturated rings. The lowest BCUT2D eigenvalue weighted by molar-refractivity contribution is 0.0600. The second kappa shape index (κ2) is 6.68. The molecule has 4 nitrogen and oxygen atoms in total. The number of ether oxygens (including phenoxy) is 1. The molecule has 4 heteroatoms. The lowest BCUT2D eigenvalue weighted by Crippen LogP contribution is -2.33. The molecule has 0 aliphatic heterocycles. The van der Waals surface area contributed by atoms with Gasteiger partial charge in [-0.15, -0.1) is 0 Å². The number of aliphatic hydroxyl groups excluding tert-OH is 1. The van der Waals surface area contributed by atoms with Crippen molar-refractivity contribution >= 4 is 5.97 Å². The zero-order valence-corrected chi connectivity index (χ0v) is 11.3. The van der Waals surface area contributed by atoms with E-state index in [1.54, 1.807) is 12.1 Å². The van der Waals surface area contributed by atoms with Crippen LogP contribution in [0.4, 0.5) is 0 Å². The Kier molecular flexibility index (Phi) is 4.93. The topological polar surface area (TPSA) is 58.6 Å². The monoisotopic (exact) mass is 263 g/mol. The first-order valence-electron chi connectivity index (χ1n) is 6.76. The van der Waals surface area contributed by atoms with Gasteiger partial charge in [0.1, 0.15) is 0 Å². The quantitative estimate of drug-likeness (QED) is 0.794. The van der Waals surface area contributed by atoms with Crippen molar-refractivity contribution in [1.29, 1.82) is 0 Å². The van der Waals surface area contributed by atoms with E-state index in [2.05, 4.69) is 10.1 Å². The Hall–Kier alpha value is -1.39. The molecule has 0 bridgehead atoms. The highest BCUT2D eigenvalue weighted by molar-refractivity contribution is 5.89. The molecule has 0 aromatic heterocycles. The number of nitrogens with one attached hydrogen (secondary N) is 1. The van der Waals surface area contributed by atoms with Crippen LogP contribution in [0.1, 0.15) is 35.2 Å². The summed E-state index contributed by atoms with van der Waals surface area (Å²) in [5.41, 5.74) is 1.71. The zero-order chi connectivity index (χ0) is 13.7. The summed E-state index contributed by atoms with van der Waals surface area (Å²) in [5, 5.41) is 12.8. The maximum Gasteiger partial charge on any atom is 0.337 e. The molecule has 0 amide bonds. The molecule has 104 valence electrons. The number of carbonyl (C=O) groups is 1. The Morgan fingerprint density at radius 1 is 1.37 bits per heavy atom. The molecule has 0 saturated heterocycles. The Morgan fingerprint density at radius 3 is 2.74 bits per heavy atom. The van der Waals surface area contributed by atoms with Crippen molar-refractivity contribution in [2.45, 2.75) is 31.8 Å². The minimum absolute atomic E-state index is 0.263. The molecule has 1 aromatic rings. The van der Waals surface area contributed by atoms with Gasteiger partial charge in [-0.3, -0.25) is 0 Å². The molecule has 19 heavy (non-hydrogen) atoms. The van der Waals surface area contributed by atoms with Gasteiger partial charge >= 0.3 is 5.97 Å². The maximum absolute atomic E-state index is 11.3. The first kappa shape index (κ1) is 14.0. The number of carbonyl (C=O) groups excluding carboxylic acids is 1. The van der Waals surface area contributed by atoms with E-state index in [0.29, 0.717) is 17.5 Å². The van der Waals surface area contributed by atoms with E-state index >= 15 is 0 Å². The minimum Gasteiger partial charge on any atom is -0.465 e. The molecular weight excluding hydrogens is 242 g/mol. The Bertz CT molecular complexity index is 416. The van der Waals surface area contributed by atoms with E-state index in [-0.39, 0.29) is 12.6 Å². The highest BCUT2D eigenvalue weighted by Gasteiger charge is 2.25. The summed E-state index contributed by atoms with van der Waals surface area (Å²) in [4.78, 5) is 11.3. The summed E-state index contributed by atoms with van der Waals surface area (Å²) in [7, 11) is 1.38. The SMILES string of the molecule is COC(=O)c1ccc(CN[C@@H]2CCC[C@H]2CO)cc1. The smallest absolute Gasteiger partial charge is 0.337 e. The first-order valence-corrected chi connectivity index (χ1v) is 6.76. The summed E-state index contributed by atoms with van der Waals surface area (Å²) in [6.45, 7) is 1.03. The largest absolute Gasteiger partial charge is 0.465 e. The molecule has 0 unspecified atom stereocenters. The molecule has 1 aliphatic carbocycles. The van der Waals surface area contributed by atoms with Crippen LogP contribution in [0.2, 0.25) is 0 Å². The van der Waals surface area contributed by atoms with Crippen LogP contribution in [0.25, 0.3) is 0 Å². The van der Waals surface area contributed by atoms with Gasteiger partial charge in [0.05, 0.1) is 12.7 Å². The normalized spacial score (nSPS) is 22.4. The van der Waals surface area contributed by atoms with Crippen LogP contribution in [0.5, 0.6) is 0 Å². The Morgan fingerprint density at radius 2 is 2.11 bits per heavy atom. The van der Waals surface area contributed by atoms with Crippen molar-refractivity contribution in [2.75, 3.05) is 13.7 Å². The third-order valence-corrected chi connectivity index (χ3v) is 3.84. The van der Waals surface area contributed by atoms with Crippen LogP contribution in [-0.4, -0.2) is 30.8 Å². The Balaban J connectivity index is 1.88. The number of hydrogen-bond acceptors (Lipinski definition) is 4. The second-order valence-corrected chi connectivity index (χ2v) is 5.05. The van der Waals surface area contributed by atoms with Crippen LogP contribution < -0.4 is 5.32 Å². The summed E-state index contributed by atoms with van der Waals surface area (Å²) >= 11 is 0. The van der Waals surface area contributed by atoms with Crippen LogP contribution in [0.15, 0.2) is 24.3 Å². The average Bonchev–Trinajstić information content (AvgIpc) is 2.92. The van der Waals surface area contributed by atoms with Gasteiger partial charge in [0.15, 0.2) is 0 Å². The van der Waals surface area contributed by atoms with Gasteiger partial charge in [-0.2, -0.15) is 0 Å². The van der Waals surface area contributed by atoms with Crippen LogP contribution >= 0.6 is 0 Å². The van der Waals surface area contributed by atoms with Gasteiger partial charge in [-0.25, -0.2) is 4.79 Å². The van der Waals surface area contributed by atoms with E-state index in [1.807, 2.05) is 12.1 Å². The van der Waals surface area contributed by atoms with Crippen LogP contribution in [-0.2, 0) is 11.3 Å². The van der Waals surface area contributed by atoms with E-state index in [0.717, 1.165) is 24.9 Å². The maximum atomic E-state index is 11.3. The van der Waals surface area contributed by atoms with E-state index in [9.17, 15) is 9.90 Å². The van der Waals surface area contributed by atoms with Crippen molar-refractivity contribution in [3.63, 3.8) is 0 Å². The molecule has 2 N–H and O–H groups in total. The summed E-state index contributed by atoms with van der Waals surface area (Å²) < 4.78 is 4.66. The van der Waals surface area contributed by atoms with Crippen LogP contribution in [0.3, 0.4) is 0 Å². The number of aliphatic hydroxyl groups is 1. The third-order valence-electron chi connectivity index (χ3n) is 3.84. The summed E-state index contributed by atoms with van der Waals surface area (Å²) in [5.74, 6) is 0.0741. The average molecular weight is 263 g/mol. The minimum atomic E-state index is -0.310. The molecule has 2 atom stereocenters. The highest BCUT2D eigenvalue weighted by atomic mass is 16.5. The van der Waals surface area contributed by atoms with Gasteiger partial charge in [0, 0.05) is 19.2 Å². The highest BCUT2D eigenvalue weighted by Crippen LogP contribution is 2.25. The van der Waals surface area contributed by atoms with Gasteiger partial charge in [0.2, 0.25) is 0 Å². The van der Waals surface area contributed by atoms with E-state index in [1.165, 1.54) is 13.5 Å². The fraction of sp³-hybridized carbons (Fsp3) is 0.533. The lowest BCUT2D eigenvalue weighted by Gasteiger charge is -2.19. The molecule has 1 saturated carbocycles. The number of methoxy groups -OCH3 is 1.